The molecule has 2 fully saturated rings. The molecule has 2 aliphatic rings. The highest BCUT2D eigenvalue weighted by molar-refractivity contribution is 8.18. The number of nitrogens with one attached hydrogen (secondary N) is 1. The van der Waals surface area contributed by atoms with E-state index in [0.717, 1.165) is 71.5 Å². The summed E-state index contributed by atoms with van der Waals surface area (Å²) in [6.45, 7) is 2.44. The second-order valence-electron chi connectivity index (χ2n) is 9.64. The average molecular weight is 536 g/mol. The Morgan fingerprint density at radius 3 is 2.59 bits per heavy atom. The second-order valence-corrected chi connectivity index (χ2v) is 11.0. The van der Waals surface area contributed by atoms with E-state index in [9.17, 15) is 14.4 Å². The highest BCUT2D eigenvalue weighted by Gasteiger charge is 2.35. The van der Waals surface area contributed by atoms with Gasteiger partial charge >= 0.3 is 0 Å². The van der Waals surface area contributed by atoms with Crippen LogP contribution in [0.4, 0.5) is 4.79 Å². The summed E-state index contributed by atoms with van der Waals surface area (Å²) in [4.78, 5) is 40.5. The molecule has 1 aromatic heterocycles. The molecule has 0 atom stereocenters. The van der Waals surface area contributed by atoms with E-state index in [0.29, 0.717) is 9.93 Å². The van der Waals surface area contributed by atoms with Gasteiger partial charge in [0.25, 0.3) is 11.1 Å². The van der Waals surface area contributed by atoms with Crippen LogP contribution in [0.1, 0.15) is 55.7 Å². The van der Waals surface area contributed by atoms with Gasteiger partial charge in [-0.05, 0) is 54.3 Å². The molecule has 3 amide bonds. The van der Waals surface area contributed by atoms with E-state index in [1.54, 1.807) is 12.1 Å². The van der Waals surface area contributed by atoms with E-state index in [1.807, 2.05) is 41.1 Å². The average Bonchev–Trinajstić information content (AvgIpc) is 3.37. The molecule has 37 heavy (non-hydrogen) atoms. The van der Waals surface area contributed by atoms with Crippen molar-refractivity contribution >= 4 is 57.4 Å². The third-order valence-corrected chi connectivity index (χ3v) is 8.40. The van der Waals surface area contributed by atoms with E-state index < -0.39 is 0 Å². The monoisotopic (exact) mass is 535 g/mol. The molecule has 2 heterocycles. The second kappa shape index (κ2) is 11.2. The van der Waals surface area contributed by atoms with Gasteiger partial charge in [-0.15, -0.1) is 0 Å². The minimum Gasteiger partial charge on any atom is -0.352 e. The van der Waals surface area contributed by atoms with Gasteiger partial charge in [0.2, 0.25) is 5.91 Å². The lowest BCUT2D eigenvalue weighted by Crippen LogP contribution is -2.38. The quantitative estimate of drug-likeness (QED) is 0.348. The maximum absolute atomic E-state index is 13.2. The first kappa shape index (κ1) is 25.6. The molecule has 1 saturated carbocycles. The molecule has 0 spiro atoms. The topological polar surface area (TPSA) is 71.4 Å². The van der Waals surface area contributed by atoms with Crippen LogP contribution >= 0.6 is 23.4 Å². The van der Waals surface area contributed by atoms with Crippen molar-refractivity contribution in [2.24, 2.45) is 0 Å². The first-order chi connectivity index (χ1) is 17.9. The molecule has 1 saturated heterocycles. The van der Waals surface area contributed by atoms with Crippen molar-refractivity contribution in [3.8, 4) is 0 Å². The van der Waals surface area contributed by atoms with Crippen LogP contribution in [0.3, 0.4) is 0 Å². The zero-order chi connectivity index (χ0) is 25.9. The lowest BCUT2D eigenvalue weighted by atomic mass is 9.95. The van der Waals surface area contributed by atoms with Crippen LogP contribution in [0.25, 0.3) is 17.0 Å². The van der Waals surface area contributed by atoms with Crippen LogP contribution in [0.5, 0.6) is 0 Å². The number of hydrogen-bond acceptors (Lipinski definition) is 4. The standard InChI is InChI=1S/C29H30ClN3O3S/c1-2-19-10-8-13-23-21(16-32(27(19)23)18-26(34)31-22-11-4-3-5-12-22)15-25-28(35)33(29(36)37-25)17-20-9-6-7-14-24(20)30/h6-10,13-16,22H,2-5,11-12,17-18H2,1H3,(H,31,34)/b25-15-. The predicted octanol–water partition coefficient (Wildman–Crippen LogP) is 6.54. The van der Waals surface area contributed by atoms with Gasteiger partial charge < -0.3 is 9.88 Å². The van der Waals surface area contributed by atoms with Crippen molar-refractivity contribution in [2.45, 2.75) is 64.6 Å². The summed E-state index contributed by atoms with van der Waals surface area (Å²) in [6.07, 6.45) is 10.1. The highest BCUT2D eigenvalue weighted by Crippen LogP contribution is 2.36. The van der Waals surface area contributed by atoms with Gasteiger partial charge in [-0.3, -0.25) is 19.3 Å². The first-order valence-corrected chi connectivity index (χ1v) is 14.0. The summed E-state index contributed by atoms with van der Waals surface area (Å²) >= 11 is 7.19. The SMILES string of the molecule is CCc1cccc2c(/C=C3\SC(=O)N(Cc4ccccc4Cl)C3=O)cn(CC(=O)NC3CCCCC3)c12. The molecule has 0 unspecified atom stereocenters. The summed E-state index contributed by atoms with van der Waals surface area (Å²) in [7, 11) is 0. The van der Waals surface area contributed by atoms with Gasteiger partial charge in [-0.2, -0.15) is 0 Å². The van der Waals surface area contributed by atoms with E-state index in [4.69, 9.17) is 11.6 Å². The number of nitrogens with zero attached hydrogens (tertiary/aromatic N) is 2. The summed E-state index contributed by atoms with van der Waals surface area (Å²) in [5.74, 6) is -0.334. The third kappa shape index (κ3) is 5.48. The Labute approximate surface area is 226 Å². The lowest BCUT2D eigenvalue weighted by molar-refractivity contribution is -0.123. The van der Waals surface area contributed by atoms with E-state index in [-0.39, 0.29) is 36.2 Å². The Balaban J connectivity index is 1.43. The molecular weight excluding hydrogens is 506 g/mol. The van der Waals surface area contributed by atoms with Crippen LogP contribution in [-0.2, 0) is 29.1 Å². The van der Waals surface area contributed by atoms with E-state index in [2.05, 4.69) is 18.3 Å². The number of carbonyl (C=O) groups excluding carboxylic acids is 3. The summed E-state index contributed by atoms with van der Waals surface area (Å²) in [5, 5.41) is 4.37. The number of imide groups is 1. The predicted molar refractivity (Wildman–Crippen MR) is 149 cm³/mol. The molecule has 6 nitrogen and oxygen atoms in total. The Bertz CT molecular complexity index is 1390. The summed E-state index contributed by atoms with van der Waals surface area (Å²) < 4.78 is 1.98. The molecule has 5 rings (SSSR count). The van der Waals surface area contributed by atoms with Gasteiger partial charge in [0.1, 0.15) is 6.54 Å². The minimum absolute atomic E-state index is 0.00122. The largest absolute Gasteiger partial charge is 0.352 e. The molecule has 0 radical (unpaired) electrons. The Morgan fingerprint density at radius 2 is 1.84 bits per heavy atom. The molecule has 3 aromatic rings. The Hall–Kier alpha value is -3.03. The third-order valence-electron chi connectivity index (χ3n) is 7.12. The fourth-order valence-corrected chi connectivity index (χ4v) is 6.26. The van der Waals surface area contributed by atoms with Crippen molar-refractivity contribution in [3.05, 3.63) is 75.3 Å². The molecule has 1 N–H and O–H groups in total. The smallest absolute Gasteiger partial charge is 0.293 e. The van der Waals surface area contributed by atoms with Gasteiger partial charge in [0.05, 0.1) is 17.0 Å². The van der Waals surface area contributed by atoms with Crippen molar-refractivity contribution in [3.63, 3.8) is 0 Å². The van der Waals surface area contributed by atoms with Gasteiger partial charge in [-0.1, -0.05) is 74.2 Å². The number of thioether (sulfide) groups is 1. The Kier molecular flexibility index (Phi) is 7.72. The molecule has 8 heteroatoms. The maximum Gasteiger partial charge on any atom is 0.293 e. The van der Waals surface area contributed by atoms with Crippen LogP contribution in [0.15, 0.2) is 53.6 Å². The van der Waals surface area contributed by atoms with Gasteiger partial charge in [-0.25, -0.2) is 0 Å². The number of aromatic nitrogens is 1. The van der Waals surface area contributed by atoms with Gasteiger partial charge in [0, 0.05) is 28.2 Å². The number of para-hydroxylation sites is 1. The highest BCUT2D eigenvalue weighted by atomic mass is 35.5. The molecule has 192 valence electrons. The number of aryl methyl sites for hydroxylation is 1. The molecular formula is C29H30ClN3O3S. The first-order valence-electron chi connectivity index (χ1n) is 12.8. The number of halogens is 1. The molecule has 2 aromatic carbocycles. The fraction of sp³-hybridized carbons (Fsp3) is 0.345. The summed E-state index contributed by atoms with van der Waals surface area (Å²) in [5.41, 5.74) is 3.67. The van der Waals surface area contributed by atoms with Crippen molar-refractivity contribution < 1.29 is 14.4 Å². The van der Waals surface area contributed by atoms with Crippen LogP contribution in [0.2, 0.25) is 5.02 Å². The van der Waals surface area contributed by atoms with Crippen LogP contribution in [0, 0.1) is 0 Å². The molecule has 1 aliphatic heterocycles. The Morgan fingerprint density at radius 1 is 1.08 bits per heavy atom. The molecule has 0 bridgehead atoms. The lowest BCUT2D eigenvalue weighted by Gasteiger charge is -2.23. The van der Waals surface area contributed by atoms with E-state index >= 15 is 0 Å². The number of hydrogen-bond donors (Lipinski definition) is 1. The number of rotatable bonds is 7. The zero-order valence-electron chi connectivity index (χ0n) is 20.8. The van der Waals surface area contributed by atoms with Crippen molar-refractivity contribution in [1.82, 2.24) is 14.8 Å². The normalized spacial score (nSPS) is 17.8. The summed E-state index contributed by atoms with van der Waals surface area (Å²) in [6, 6.07) is 13.5. The minimum atomic E-state index is -0.336. The van der Waals surface area contributed by atoms with Gasteiger partial charge in [0.15, 0.2) is 0 Å². The molecule has 1 aliphatic carbocycles. The van der Waals surface area contributed by atoms with Crippen molar-refractivity contribution in [1.29, 1.82) is 0 Å². The number of carbonyl (C=O) groups is 3. The van der Waals surface area contributed by atoms with Crippen LogP contribution < -0.4 is 5.32 Å². The fourth-order valence-electron chi connectivity index (χ4n) is 5.24. The van der Waals surface area contributed by atoms with Crippen molar-refractivity contribution in [2.75, 3.05) is 0 Å². The maximum atomic E-state index is 13.2. The number of amides is 3. The number of fused-ring (bicyclic) bond motifs is 1. The number of benzene rings is 2. The van der Waals surface area contributed by atoms with E-state index in [1.165, 1.54) is 11.3 Å². The van der Waals surface area contributed by atoms with Crippen LogP contribution in [-0.4, -0.2) is 32.6 Å². The zero-order valence-corrected chi connectivity index (χ0v) is 22.4.